The fourth-order valence-corrected chi connectivity index (χ4v) is 5.42. The second-order valence-electron chi connectivity index (χ2n) is 9.23. The third-order valence-corrected chi connectivity index (χ3v) is 8.15. The van der Waals surface area contributed by atoms with Gasteiger partial charge < -0.3 is 9.47 Å². The number of halogens is 3. The lowest BCUT2D eigenvalue weighted by molar-refractivity contribution is 0.284. The van der Waals surface area contributed by atoms with Crippen molar-refractivity contribution in [3.05, 3.63) is 97.2 Å². The van der Waals surface area contributed by atoms with E-state index in [0.717, 1.165) is 25.7 Å². The molecule has 0 atom stereocenters. The van der Waals surface area contributed by atoms with E-state index in [-0.39, 0.29) is 28.9 Å². The van der Waals surface area contributed by atoms with Crippen LogP contribution < -0.4 is 15.0 Å². The largest absolute Gasteiger partial charge is 0.493 e. The summed E-state index contributed by atoms with van der Waals surface area (Å²) in [6.07, 6.45) is 6.91. The molecule has 3 aromatic carbocycles. The minimum Gasteiger partial charge on any atom is -0.493 e. The lowest BCUT2D eigenvalue weighted by Crippen LogP contribution is -2.25. The molecule has 1 saturated carbocycles. The highest BCUT2D eigenvalue weighted by atomic mass is 79.9. The first-order valence-electron chi connectivity index (χ1n) is 12.5. The normalized spacial score (nSPS) is 14.3. The number of rotatable bonds is 7. The van der Waals surface area contributed by atoms with E-state index in [9.17, 15) is 9.18 Å². The van der Waals surface area contributed by atoms with E-state index in [1.54, 1.807) is 30.5 Å². The number of hydrogen-bond donors (Lipinski definition) is 0. The zero-order valence-electron chi connectivity index (χ0n) is 20.8. The Bertz CT molecular complexity index is 1570. The summed E-state index contributed by atoms with van der Waals surface area (Å²) in [5, 5.41) is 5.39. The van der Waals surface area contributed by atoms with Gasteiger partial charge in [-0.05, 0) is 64.7 Å². The van der Waals surface area contributed by atoms with Gasteiger partial charge in [-0.1, -0.05) is 55.1 Å². The second-order valence-corrected chi connectivity index (χ2v) is 10.4. The van der Waals surface area contributed by atoms with Crippen molar-refractivity contribution in [2.75, 3.05) is 7.11 Å². The quantitative estimate of drug-likeness (QED) is 0.207. The van der Waals surface area contributed by atoms with Crippen molar-refractivity contribution in [3.8, 4) is 11.5 Å². The highest BCUT2D eigenvalue weighted by Crippen LogP contribution is 2.42. The lowest BCUT2D eigenvalue weighted by Gasteiger charge is -2.22. The van der Waals surface area contributed by atoms with Crippen LogP contribution in [0.3, 0.4) is 0 Å². The molecule has 1 heterocycles. The van der Waals surface area contributed by atoms with E-state index in [4.69, 9.17) is 26.1 Å². The zero-order valence-corrected chi connectivity index (χ0v) is 23.1. The summed E-state index contributed by atoms with van der Waals surface area (Å²) in [7, 11) is 1.51. The lowest BCUT2D eigenvalue weighted by atomic mass is 9.88. The average Bonchev–Trinajstić information content (AvgIpc) is 2.94. The highest BCUT2D eigenvalue weighted by molar-refractivity contribution is 9.10. The van der Waals surface area contributed by atoms with Crippen LogP contribution in [-0.2, 0) is 6.61 Å². The third kappa shape index (κ3) is 5.47. The molecule has 0 bridgehead atoms. The van der Waals surface area contributed by atoms with Crippen LogP contribution in [0.15, 0.2) is 69.0 Å². The van der Waals surface area contributed by atoms with Crippen LogP contribution in [0.1, 0.15) is 55.0 Å². The molecule has 0 amide bonds. The van der Waals surface area contributed by atoms with E-state index < -0.39 is 0 Å². The minimum absolute atomic E-state index is 0.108. The summed E-state index contributed by atoms with van der Waals surface area (Å²) >= 11 is 10.2. The monoisotopic (exact) mass is 597 g/mol. The molecule has 1 aliphatic rings. The Morgan fingerprint density at radius 3 is 2.71 bits per heavy atom. The Kier molecular flexibility index (Phi) is 8.09. The predicted octanol–water partition coefficient (Wildman–Crippen LogP) is 7.47. The Morgan fingerprint density at radius 1 is 1.16 bits per heavy atom. The molecular weight excluding hydrogens is 573 g/mol. The first-order valence-corrected chi connectivity index (χ1v) is 13.6. The number of hydrogen-bond acceptors (Lipinski definition) is 5. The molecule has 9 heteroatoms. The number of methoxy groups -OCH3 is 1. The number of para-hydroxylation sites is 1. The molecule has 4 aromatic rings. The van der Waals surface area contributed by atoms with E-state index in [1.807, 2.05) is 18.2 Å². The first kappa shape index (κ1) is 26.4. The summed E-state index contributed by atoms with van der Waals surface area (Å²) in [6.45, 7) is 0.108. The van der Waals surface area contributed by atoms with Crippen molar-refractivity contribution in [2.45, 2.75) is 44.6 Å². The Labute approximate surface area is 233 Å². The van der Waals surface area contributed by atoms with Crippen LogP contribution in [-0.4, -0.2) is 23.0 Å². The number of ether oxygens (including phenoxy) is 2. The predicted molar refractivity (Wildman–Crippen MR) is 151 cm³/mol. The maximum absolute atomic E-state index is 13.6. The van der Waals surface area contributed by atoms with Crippen molar-refractivity contribution in [1.82, 2.24) is 9.66 Å². The molecule has 0 aliphatic heterocycles. The molecule has 6 nitrogen and oxygen atoms in total. The van der Waals surface area contributed by atoms with Crippen LogP contribution in [0.2, 0.25) is 5.02 Å². The molecule has 1 fully saturated rings. The third-order valence-electron chi connectivity index (χ3n) is 6.71. The Balaban J connectivity index is 1.52. The van der Waals surface area contributed by atoms with Gasteiger partial charge >= 0.3 is 0 Å². The van der Waals surface area contributed by atoms with Crippen molar-refractivity contribution in [1.29, 1.82) is 0 Å². The van der Waals surface area contributed by atoms with Crippen molar-refractivity contribution in [3.63, 3.8) is 0 Å². The number of fused-ring (bicyclic) bond motifs is 1. The average molecular weight is 599 g/mol. The van der Waals surface area contributed by atoms with Gasteiger partial charge in [-0.15, -0.1) is 0 Å². The van der Waals surface area contributed by atoms with Crippen LogP contribution in [0.4, 0.5) is 4.39 Å². The van der Waals surface area contributed by atoms with Crippen LogP contribution >= 0.6 is 27.5 Å². The molecule has 5 rings (SSSR count). The van der Waals surface area contributed by atoms with Crippen molar-refractivity contribution < 1.29 is 13.9 Å². The summed E-state index contributed by atoms with van der Waals surface area (Å²) < 4.78 is 26.9. The van der Waals surface area contributed by atoms with Gasteiger partial charge in [0.2, 0.25) is 0 Å². The molecule has 0 unspecified atom stereocenters. The van der Waals surface area contributed by atoms with Crippen LogP contribution in [0.5, 0.6) is 11.5 Å². The van der Waals surface area contributed by atoms with E-state index >= 15 is 0 Å². The first-order chi connectivity index (χ1) is 18.5. The van der Waals surface area contributed by atoms with Gasteiger partial charge in [0.25, 0.3) is 5.56 Å². The minimum atomic E-state index is -0.345. The number of aromatic nitrogens is 2. The maximum Gasteiger partial charge on any atom is 0.282 e. The zero-order chi connectivity index (χ0) is 26.6. The van der Waals surface area contributed by atoms with E-state index in [2.05, 4.69) is 21.0 Å². The highest BCUT2D eigenvalue weighted by Gasteiger charge is 2.23. The van der Waals surface area contributed by atoms with Crippen LogP contribution in [0, 0.1) is 5.82 Å². The Hall–Kier alpha value is -3.23. The molecular formula is C29H26BrClFN3O3. The van der Waals surface area contributed by atoms with Gasteiger partial charge in [0.1, 0.15) is 23.3 Å². The van der Waals surface area contributed by atoms with E-state index in [0.29, 0.717) is 43.8 Å². The molecule has 0 saturated heterocycles. The topological polar surface area (TPSA) is 65.7 Å². The summed E-state index contributed by atoms with van der Waals surface area (Å²) in [5.41, 5.74) is 1.72. The van der Waals surface area contributed by atoms with Crippen molar-refractivity contribution >= 4 is 44.6 Å². The van der Waals surface area contributed by atoms with Gasteiger partial charge in [-0.2, -0.15) is 9.78 Å². The maximum atomic E-state index is 13.6. The van der Waals surface area contributed by atoms with Gasteiger partial charge in [0.15, 0.2) is 11.5 Å². The van der Waals surface area contributed by atoms with Crippen molar-refractivity contribution in [2.24, 2.45) is 5.10 Å². The van der Waals surface area contributed by atoms with Crippen LogP contribution in [0.25, 0.3) is 10.9 Å². The Morgan fingerprint density at radius 2 is 1.95 bits per heavy atom. The molecule has 0 spiro atoms. The molecule has 0 radical (unpaired) electrons. The van der Waals surface area contributed by atoms with Gasteiger partial charge in [-0.3, -0.25) is 4.79 Å². The fourth-order valence-electron chi connectivity index (χ4n) is 4.76. The van der Waals surface area contributed by atoms with Gasteiger partial charge in [0, 0.05) is 16.0 Å². The molecule has 38 heavy (non-hydrogen) atoms. The van der Waals surface area contributed by atoms with E-state index in [1.165, 1.54) is 30.3 Å². The fraction of sp³-hybridized carbons (Fsp3) is 0.276. The second kappa shape index (κ2) is 11.7. The molecule has 1 aliphatic carbocycles. The molecule has 1 aromatic heterocycles. The number of nitrogens with zero attached hydrogens (tertiary/aromatic N) is 3. The summed E-state index contributed by atoms with van der Waals surface area (Å²) in [4.78, 5) is 18.3. The van der Waals surface area contributed by atoms with Gasteiger partial charge in [0.05, 0.1) is 24.2 Å². The summed E-state index contributed by atoms with van der Waals surface area (Å²) in [5.74, 6) is 1.19. The molecule has 196 valence electrons. The SMILES string of the molecule is COc1cc(C=Nn2c(C3CCCCC3)nc3ccccc3c2=O)c(Br)c(Cl)c1OCc1cccc(F)c1. The standard InChI is InChI=1S/C29H26BrClFN3O3/c1-37-24-15-20(25(30)26(31)27(24)38-17-18-8-7-11-21(32)14-18)16-33-35-28(19-9-3-2-4-10-19)34-23-13-6-5-12-22(23)29(35)36/h5-8,11-16,19H,2-4,9-10,17H2,1H3. The molecule has 0 N–H and O–H groups in total. The van der Waals surface area contributed by atoms with Gasteiger partial charge in [-0.25, -0.2) is 9.37 Å². The number of benzene rings is 3. The summed E-state index contributed by atoms with van der Waals surface area (Å²) in [6, 6.07) is 15.2. The smallest absolute Gasteiger partial charge is 0.282 e.